The van der Waals surface area contributed by atoms with Crippen LogP contribution in [0.25, 0.3) is 0 Å². The number of aliphatic imine (C=N–C) groups is 1. The summed E-state index contributed by atoms with van der Waals surface area (Å²) < 4.78 is 79.8. The van der Waals surface area contributed by atoms with Crippen LogP contribution in [0, 0.1) is 11.3 Å². The molecule has 12 heteroatoms. The van der Waals surface area contributed by atoms with Gasteiger partial charge in [-0.25, -0.2) is 4.79 Å². The molecule has 0 spiro atoms. The van der Waals surface area contributed by atoms with Crippen molar-refractivity contribution in [2.45, 2.75) is 45.2 Å². The van der Waals surface area contributed by atoms with Crippen LogP contribution in [-0.2, 0) is 17.1 Å². The molecule has 4 atom stereocenters. The van der Waals surface area contributed by atoms with Crippen LogP contribution in [0.5, 0.6) is 0 Å². The fourth-order valence-corrected chi connectivity index (χ4v) is 6.42. The molecule has 3 heterocycles. The van der Waals surface area contributed by atoms with Gasteiger partial charge in [-0.2, -0.15) is 26.3 Å². The number of carbonyl (C=O) groups is 2. The molecule has 4 aliphatic rings. The average Bonchev–Trinajstić information content (AvgIpc) is 3.31. The Kier molecular flexibility index (Phi) is 5.75. The maximum atomic E-state index is 14.1. The van der Waals surface area contributed by atoms with Gasteiger partial charge in [0.15, 0.2) is 0 Å². The summed E-state index contributed by atoms with van der Waals surface area (Å²) in [5, 5.41) is 2.91. The lowest BCUT2D eigenvalue weighted by molar-refractivity contribution is -0.138. The van der Waals surface area contributed by atoms with E-state index in [9.17, 15) is 35.9 Å². The second kappa shape index (κ2) is 8.70. The van der Waals surface area contributed by atoms with Crippen LogP contribution in [0.15, 0.2) is 76.6 Å². The standard InChI is InChI=1S/C29H24F6N4O2/c1-14-12-27(3)23-21(15(14)2)36-20(40)13-38(23)26(41)39-24(27)22(16-4-8-18(9-5-16)28(30,31)32)37-25(39)17-6-10-19(11-7-17)29(33,34)35/h4-12,15,22,24H,13H2,1-3H3,(H,36,40). The van der Waals surface area contributed by atoms with Gasteiger partial charge in [-0.05, 0) is 43.7 Å². The van der Waals surface area contributed by atoms with Crippen LogP contribution in [0.3, 0.4) is 0 Å². The number of rotatable bonds is 2. The van der Waals surface area contributed by atoms with Crippen molar-refractivity contribution in [2.24, 2.45) is 16.3 Å². The second-order valence-electron chi connectivity index (χ2n) is 11.0. The van der Waals surface area contributed by atoms with E-state index in [1.54, 1.807) is 0 Å². The molecule has 3 amide bonds. The number of amidine groups is 1. The molecule has 6 rings (SSSR count). The van der Waals surface area contributed by atoms with Gasteiger partial charge in [0.2, 0.25) is 5.91 Å². The highest BCUT2D eigenvalue weighted by atomic mass is 19.4. The Morgan fingerprint density at radius 3 is 2.05 bits per heavy atom. The molecule has 1 N–H and O–H groups in total. The number of urea groups is 1. The molecule has 1 fully saturated rings. The number of hydrogen-bond acceptors (Lipinski definition) is 3. The van der Waals surface area contributed by atoms with Gasteiger partial charge in [-0.15, -0.1) is 0 Å². The molecule has 0 saturated carbocycles. The third kappa shape index (κ3) is 4.06. The van der Waals surface area contributed by atoms with E-state index in [2.05, 4.69) is 5.32 Å². The first-order chi connectivity index (χ1) is 19.1. The number of allylic oxidation sites excluding steroid dienone is 1. The maximum Gasteiger partial charge on any atom is 0.416 e. The monoisotopic (exact) mass is 574 g/mol. The van der Waals surface area contributed by atoms with Crippen LogP contribution in [-0.4, -0.2) is 40.2 Å². The topological polar surface area (TPSA) is 65.0 Å². The highest BCUT2D eigenvalue weighted by Crippen LogP contribution is 2.56. The summed E-state index contributed by atoms with van der Waals surface area (Å²) in [6.07, 6.45) is -7.14. The van der Waals surface area contributed by atoms with Crippen molar-refractivity contribution < 1.29 is 35.9 Å². The molecule has 1 saturated heterocycles. The second-order valence-corrected chi connectivity index (χ2v) is 11.0. The number of halogens is 6. The summed E-state index contributed by atoms with van der Waals surface area (Å²) in [6, 6.07) is 6.51. The molecule has 1 aliphatic carbocycles. The molecule has 6 nitrogen and oxygen atoms in total. The minimum absolute atomic E-state index is 0.0797. The molecule has 0 aromatic heterocycles. The van der Waals surface area contributed by atoms with Crippen LogP contribution in [0.2, 0.25) is 0 Å². The highest BCUT2D eigenvalue weighted by Gasteiger charge is 2.61. The van der Waals surface area contributed by atoms with E-state index >= 15 is 0 Å². The van der Waals surface area contributed by atoms with Gasteiger partial charge in [0.1, 0.15) is 12.4 Å². The predicted molar refractivity (Wildman–Crippen MR) is 136 cm³/mol. The number of fused-ring (bicyclic) bond motifs is 2. The number of carbonyl (C=O) groups excluding carboxylic acids is 2. The minimum atomic E-state index is -4.58. The lowest BCUT2D eigenvalue weighted by Gasteiger charge is -2.55. The molecular formula is C29H24F6N4O2. The highest BCUT2D eigenvalue weighted by molar-refractivity contribution is 6.11. The average molecular weight is 575 g/mol. The molecular weight excluding hydrogens is 550 g/mol. The van der Waals surface area contributed by atoms with Crippen molar-refractivity contribution in [2.75, 3.05) is 6.54 Å². The van der Waals surface area contributed by atoms with Gasteiger partial charge < -0.3 is 5.32 Å². The van der Waals surface area contributed by atoms with Crippen LogP contribution >= 0.6 is 0 Å². The SMILES string of the molecule is CC1=CC2(C)C3=C(NC(=O)CN3C(=O)N3C(c4ccc(C(F)(F)F)cc4)=NC(c4ccc(C(F)(F)F)cc4)C32)C1C. The zero-order valence-electron chi connectivity index (χ0n) is 22.1. The van der Waals surface area contributed by atoms with Crippen molar-refractivity contribution in [1.82, 2.24) is 15.1 Å². The summed E-state index contributed by atoms with van der Waals surface area (Å²) in [7, 11) is 0. The van der Waals surface area contributed by atoms with Gasteiger partial charge in [-0.3, -0.25) is 19.6 Å². The first kappa shape index (κ1) is 27.1. The van der Waals surface area contributed by atoms with Crippen molar-refractivity contribution in [3.05, 3.63) is 93.8 Å². The van der Waals surface area contributed by atoms with E-state index < -0.39 is 47.0 Å². The Morgan fingerprint density at radius 2 is 1.49 bits per heavy atom. The van der Waals surface area contributed by atoms with Crippen LogP contribution in [0.4, 0.5) is 31.1 Å². The van der Waals surface area contributed by atoms with E-state index in [-0.39, 0.29) is 29.8 Å². The summed E-state index contributed by atoms with van der Waals surface area (Å²) in [5.41, 5.74) is 0.0395. The van der Waals surface area contributed by atoms with E-state index in [1.807, 2.05) is 26.8 Å². The smallest absolute Gasteiger partial charge is 0.326 e. The van der Waals surface area contributed by atoms with Crippen molar-refractivity contribution in [3.8, 4) is 0 Å². The first-order valence-electron chi connectivity index (χ1n) is 12.9. The maximum absolute atomic E-state index is 14.1. The lowest BCUT2D eigenvalue weighted by atomic mass is 9.66. The van der Waals surface area contributed by atoms with Crippen molar-refractivity contribution in [3.63, 3.8) is 0 Å². The summed E-state index contributed by atoms with van der Waals surface area (Å²) in [6.45, 7) is 5.42. The molecule has 214 valence electrons. The normalized spacial score (nSPS) is 27.8. The first-order valence-corrected chi connectivity index (χ1v) is 12.9. The number of alkyl halides is 6. The van der Waals surface area contributed by atoms with E-state index in [1.165, 1.54) is 34.1 Å². The van der Waals surface area contributed by atoms with Crippen molar-refractivity contribution in [1.29, 1.82) is 0 Å². The van der Waals surface area contributed by atoms with E-state index in [0.717, 1.165) is 29.8 Å². The lowest BCUT2D eigenvalue weighted by Crippen LogP contribution is -2.66. The Morgan fingerprint density at radius 1 is 0.927 bits per heavy atom. The van der Waals surface area contributed by atoms with Gasteiger partial charge in [-0.1, -0.05) is 42.8 Å². The van der Waals surface area contributed by atoms with Gasteiger partial charge in [0.05, 0.1) is 34.3 Å². The number of nitrogens with zero attached hydrogens (tertiary/aromatic N) is 3. The molecule has 2 aromatic rings. The van der Waals surface area contributed by atoms with Crippen molar-refractivity contribution >= 4 is 17.8 Å². The largest absolute Gasteiger partial charge is 0.416 e. The molecule has 0 radical (unpaired) electrons. The number of benzene rings is 2. The molecule has 41 heavy (non-hydrogen) atoms. The Labute approximate surface area is 231 Å². The van der Waals surface area contributed by atoms with E-state index in [0.29, 0.717) is 17.0 Å². The zero-order chi connectivity index (χ0) is 29.6. The van der Waals surface area contributed by atoms with Gasteiger partial charge in [0, 0.05) is 17.2 Å². The predicted octanol–water partition coefficient (Wildman–Crippen LogP) is 6.28. The number of hydrogen-bond donors (Lipinski definition) is 1. The molecule has 4 unspecified atom stereocenters. The van der Waals surface area contributed by atoms with E-state index in [4.69, 9.17) is 4.99 Å². The fraction of sp³-hybridized carbons (Fsp3) is 0.345. The Balaban J connectivity index is 1.55. The van der Waals surface area contributed by atoms with Crippen LogP contribution < -0.4 is 5.32 Å². The van der Waals surface area contributed by atoms with Crippen LogP contribution in [0.1, 0.15) is 49.1 Å². The number of nitrogens with one attached hydrogen (secondary N) is 1. The molecule has 2 aromatic carbocycles. The third-order valence-electron chi connectivity index (χ3n) is 8.42. The van der Waals surface area contributed by atoms with Gasteiger partial charge >= 0.3 is 18.4 Å². The third-order valence-corrected chi connectivity index (χ3v) is 8.42. The molecule has 3 aliphatic heterocycles. The minimum Gasteiger partial charge on any atom is -0.326 e. The van der Waals surface area contributed by atoms with Gasteiger partial charge in [0.25, 0.3) is 0 Å². The molecule has 0 bridgehead atoms. The Hall–Kier alpha value is -4.09. The summed E-state index contributed by atoms with van der Waals surface area (Å²) in [4.78, 5) is 34.4. The zero-order valence-corrected chi connectivity index (χ0v) is 22.1. The quantitative estimate of drug-likeness (QED) is 0.339. The fourth-order valence-electron chi connectivity index (χ4n) is 6.42. The Bertz CT molecular complexity index is 1560. The summed E-state index contributed by atoms with van der Waals surface area (Å²) >= 11 is 0. The summed E-state index contributed by atoms with van der Waals surface area (Å²) in [5.74, 6) is -0.507. The number of amides is 3.